The smallest absolute Gasteiger partial charge is 0.237 e. The predicted octanol–water partition coefficient (Wildman–Crippen LogP) is 1.94. The Balaban J connectivity index is 0.00000225. The number of hydrogen-bond donors (Lipinski definition) is 2. The summed E-state index contributed by atoms with van der Waals surface area (Å²) in [6, 6.07) is -0.417. The fourth-order valence-corrected chi connectivity index (χ4v) is 1.65. The van der Waals surface area contributed by atoms with Gasteiger partial charge in [-0.2, -0.15) is 0 Å². The fourth-order valence-electron chi connectivity index (χ4n) is 1.65. The molecule has 2 atom stereocenters. The zero-order chi connectivity index (χ0) is 11.9. The lowest BCUT2D eigenvalue weighted by Gasteiger charge is -2.25. The van der Waals surface area contributed by atoms with E-state index in [0.717, 1.165) is 6.54 Å². The van der Waals surface area contributed by atoms with E-state index in [2.05, 4.69) is 19.2 Å². The van der Waals surface area contributed by atoms with Crippen molar-refractivity contribution in [2.75, 3.05) is 6.54 Å². The van der Waals surface area contributed by atoms with Gasteiger partial charge in [0.2, 0.25) is 5.91 Å². The van der Waals surface area contributed by atoms with Gasteiger partial charge in [-0.15, -0.1) is 12.4 Å². The second-order valence-electron chi connectivity index (χ2n) is 6.48. The Morgan fingerprint density at radius 1 is 1.50 bits per heavy atom. The summed E-state index contributed by atoms with van der Waals surface area (Å²) in [5.74, 6) is 0.610. The number of carbonyl (C=O) groups excluding carboxylic acids is 1. The molecule has 1 saturated carbocycles. The molecule has 4 heteroatoms. The number of hydrogen-bond acceptors (Lipinski definition) is 2. The molecule has 1 aliphatic carbocycles. The molecule has 0 aromatic carbocycles. The average molecular weight is 249 g/mol. The van der Waals surface area contributed by atoms with E-state index in [1.807, 2.05) is 20.8 Å². The Morgan fingerprint density at radius 3 is 2.25 bits per heavy atom. The van der Waals surface area contributed by atoms with Gasteiger partial charge in [-0.05, 0) is 23.2 Å². The molecule has 3 nitrogen and oxygen atoms in total. The normalized spacial score (nSPS) is 24.2. The van der Waals surface area contributed by atoms with Gasteiger partial charge in [0.15, 0.2) is 0 Å². The van der Waals surface area contributed by atoms with Crippen LogP contribution >= 0.6 is 12.4 Å². The maximum absolute atomic E-state index is 11.7. The minimum absolute atomic E-state index is 0. The SMILES string of the molecule is CC1(C)CC1CNC(=O)[C@@H](N)C(C)(C)C.Cl. The summed E-state index contributed by atoms with van der Waals surface area (Å²) >= 11 is 0. The molecular weight excluding hydrogens is 224 g/mol. The largest absolute Gasteiger partial charge is 0.354 e. The van der Waals surface area contributed by atoms with E-state index >= 15 is 0 Å². The first-order chi connectivity index (χ1) is 6.64. The lowest BCUT2D eigenvalue weighted by molar-refractivity contribution is -0.124. The molecule has 0 aromatic rings. The van der Waals surface area contributed by atoms with Crippen molar-refractivity contribution in [2.45, 2.75) is 47.1 Å². The van der Waals surface area contributed by atoms with E-state index in [9.17, 15) is 4.79 Å². The van der Waals surface area contributed by atoms with E-state index < -0.39 is 6.04 Å². The maximum Gasteiger partial charge on any atom is 0.237 e. The monoisotopic (exact) mass is 248 g/mol. The molecule has 1 rings (SSSR count). The quantitative estimate of drug-likeness (QED) is 0.802. The van der Waals surface area contributed by atoms with Crippen LogP contribution in [0.5, 0.6) is 0 Å². The summed E-state index contributed by atoms with van der Waals surface area (Å²) in [5, 5.41) is 2.94. The molecule has 0 spiro atoms. The zero-order valence-electron chi connectivity index (χ0n) is 11.0. The summed E-state index contributed by atoms with van der Waals surface area (Å²) < 4.78 is 0. The third-order valence-electron chi connectivity index (χ3n) is 3.46. The molecule has 0 radical (unpaired) electrons. The lowest BCUT2D eigenvalue weighted by atomic mass is 9.87. The van der Waals surface area contributed by atoms with Crippen molar-refractivity contribution in [1.82, 2.24) is 5.32 Å². The van der Waals surface area contributed by atoms with Crippen molar-refractivity contribution in [3.63, 3.8) is 0 Å². The van der Waals surface area contributed by atoms with Crippen LogP contribution in [0.4, 0.5) is 0 Å². The Bertz CT molecular complexity index is 258. The molecule has 16 heavy (non-hydrogen) atoms. The highest BCUT2D eigenvalue weighted by molar-refractivity contribution is 5.85. The third kappa shape index (κ3) is 3.95. The van der Waals surface area contributed by atoms with Crippen LogP contribution in [-0.2, 0) is 4.79 Å². The number of halogens is 1. The van der Waals surface area contributed by atoms with Crippen LogP contribution in [0.1, 0.15) is 41.0 Å². The first kappa shape index (κ1) is 15.7. The van der Waals surface area contributed by atoms with E-state index in [4.69, 9.17) is 5.73 Å². The highest BCUT2D eigenvalue weighted by Crippen LogP contribution is 2.50. The summed E-state index contributed by atoms with van der Waals surface area (Å²) in [5.41, 5.74) is 6.11. The van der Waals surface area contributed by atoms with Crippen molar-refractivity contribution in [3.8, 4) is 0 Å². The van der Waals surface area contributed by atoms with Gasteiger partial charge < -0.3 is 11.1 Å². The molecule has 0 aromatic heterocycles. The van der Waals surface area contributed by atoms with Crippen molar-refractivity contribution in [2.24, 2.45) is 22.5 Å². The summed E-state index contributed by atoms with van der Waals surface area (Å²) in [6.07, 6.45) is 1.21. The number of carbonyl (C=O) groups is 1. The molecule has 1 unspecified atom stereocenters. The zero-order valence-corrected chi connectivity index (χ0v) is 11.8. The van der Waals surface area contributed by atoms with Crippen LogP contribution in [0.3, 0.4) is 0 Å². The molecule has 0 heterocycles. The van der Waals surface area contributed by atoms with E-state index in [1.165, 1.54) is 6.42 Å². The summed E-state index contributed by atoms with van der Waals surface area (Å²) in [7, 11) is 0. The molecular formula is C12H25ClN2O. The van der Waals surface area contributed by atoms with Crippen molar-refractivity contribution >= 4 is 18.3 Å². The van der Waals surface area contributed by atoms with Gasteiger partial charge >= 0.3 is 0 Å². The number of amides is 1. The average Bonchev–Trinajstić information content (AvgIpc) is 2.67. The molecule has 3 N–H and O–H groups in total. The first-order valence-corrected chi connectivity index (χ1v) is 5.68. The summed E-state index contributed by atoms with van der Waals surface area (Å²) in [6.45, 7) is 11.2. The topological polar surface area (TPSA) is 55.1 Å². The number of rotatable bonds is 3. The highest BCUT2D eigenvalue weighted by atomic mass is 35.5. The number of nitrogens with two attached hydrogens (primary N) is 1. The van der Waals surface area contributed by atoms with E-state index in [-0.39, 0.29) is 23.7 Å². The highest BCUT2D eigenvalue weighted by Gasteiger charge is 2.45. The van der Waals surface area contributed by atoms with Gasteiger partial charge in [0, 0.05) is 6.54 Å². The van der Waals surface area contributed by atoms with Gasteiger partial charge in [-0.25, -0.2) is 0 Å². The Hall–Kier alpha value is -0.280. The second-order valence-corrected chi connectivity index (χ2v) is 6.48. The van der Waals surface area contributed by atoms with Crippen LogP contribution in [0.25, 0.3) is 0 Å². The fraction of sp³-hybridized carbons (Fsp3) is 0.917. The van der Waals surface area contributed by atoms with Gasteiger partial charge in [0.25, 0.3) is 0 Å². The molecule has 96 valence electrons. The minimum atomic E-state index is -0.417. The predicted molar refractivity (Wildman–Crippen MR) is 69.6 cm³/mol. The van der Waals surface area contributed by atoms with Crippen LogP contribution in [-0.4, -0.2) is 18.5 Å². The van der Waals surface area contributed by atoms with E-state index in [1.54, 1.807) is 0 Å². The minimum Gasteiger partial charge on any atom is -0.354 e. The molecule has 1 amide bonds. The van der Waals surface area contributed by atoms with Gasteiger partial charge in [0.1, 0.15) is 0 Å². The van der Waals surface area contributed by atoms with Crippen LogP contribution < -0.4 is 11.1 Å². The standard InChI is InChI=1S/C12H24N2O.ClH/c1-11(2,3)9(13)10(15)14-7-8-6-12(8,4)5;/h8-9H,6-7,13H2,1-5H3,(H,14,15);1H/t8?,9-;/m1./s1. The van der Waals surface area contributed by atoms with Gasteiger partial charge in [0.05, 0.1) is 6.04 Å². The number of nitrogens with one attached hydrogen (secondary N) is 1. The maximum atomic E-state index is 11.7. The Morgan fingerprint density at radius 2 is 1.94 bits per heavy atom. The first-order valence-electron chi connectivity index (χ1n) is 5.68. The molecule has 1 aliphatic rings. The second kappa shape index (κ2) is 4.92. The van der Waals surface area contributed by atoms with Crippen LogP contribution in [0.15, 0.2) is 0 Å². The lowest BCUT2D eigenvalue weighted by Crippen LogP contribution is -2.49. The Kier molecular flexibility index (Phi) is 4.84. The van der Waals surface area contributed by atoms with Gasteiger partial charge in [-0.3, -0.25) is 4.79 Å². The van der Waals surface area contributed by atoms with Crippen LogP contribution in [0.2, 0.25) is 0 Å². The summed E-state index contributed by atoms with van der Waals surface area (Å²) in [4.78, 5) is 11.7. The third-order valence-corrected chi connectivity index (χ3v) is 3.46. The van der Waals surface area contributed by atoms with E-state index in [0.29, 0.717) is 11.3 Å². The molecule has 0 bridgehead atoms. The van der Waals surface area contributed by atoms with Gasteiger partial charge in [-0.1, -0.05) is 34.6 Å². The molecule has 1 fully saturated rings. The molecule has 0 saturated heterocycles. The van der Waals surface area contributed by atoms with Crippen molar-refractivity contribution < 1.29 is 4.79 Å². The van der Waals surface area contributed by atoms with Crippen LogP contribution in [0, 0.1) is 16.7 Å². The Labute approximate surface area is 105 Å². The molecule has 0 aliphatic heterocycles. The van der Waals surface area contributed by atoms with Crippen molar-refractivity contribution in [3.05, 3.63) is 0 Å². The van der Waals surface area contributed by atoms with Crippen molar-refractivity contribution in [1.29, 1.82) is 0 Å².